The van der Waals surface area contributed by atoms with Gasteiger partial charge in [0.15, 0.2) is 0 Å². The van der Waals surface area contributed by atoms with Crippen LogP contribution in [0.4, 0.5) is 0 Å². The first-order chi connectivity index (χ1) is 10.4. The van der Waals surface area contributed by atoms with Crippen molar-refractivity contribution in [3.63, 3.8) is 0 Å². The molecule has 6 heteroatoms. The second kappa shape index (κ2) is 7.11. The van der Waals surface area contributed by atoms with E-state index in [9.17, 15) is 14.7 Å². The number of carboxylic acids is 1. The number of ether oxygens (including phenoxy) is 1. The maximum absolute atomic E-state index is 12.6. The van der Waals surface area contributed by atoms with Gasteiger partial charge in [0.1, 0.15) is 6.04 Å². The van der Waals surface area contributed by atoms with E-state index in [1.165, 1.54) is 12.0 Å². The molecule has 1 saturated heterocycles. The number of rotatable bonds is 5. The van der Waals surface area contributed by atoms with Gasteiger partial charge in [0.25, 0.3) is 0 Å². The summed E-state index contributed by atoms with van der Waals surface area (Å²) in [5, 5.41) is 9.91. The lowest BCUT2D eigenvalue weighted by Crippen LogP contribution is -2.43. The van der Waals surface area contributed by atoms with Crippen molar-refractivity contribution in [2.24, 2.45) is 5.92 Å². The predicted octanol–water partition coefficient (Wildman–Crippen LogP) is 2.22. The van der Waals surface area contributed by atoms with Crippen LogP contribution in [-0.4, -0.2) is 47.7 Å². The lowest BCUT2D eigenvalue weighted by atomic mass is 9.99. The second-order valence-electron chi connectivity index (χ2n) is 5.63. The van der Waals surface area contributed by atoms with Gasteiger partial charge < -0.3 is 14.7 Å². The number of methoxy groups -OCH3 is 1. The summed E-state index contributed by atoms with van der Waals surface area (Å²) in [7, 11) is 1.53. The van der Waals surface area contributed by atoms with Crippen LogP contribution in [0.15, 0.2) is 24.3 Å². The Morgan fingerprint density at radius 2 is 2.14 bits per heavy atom. The highest BCUT2D eigenvalue weighted by atomic mass is 35.5. The first-order valence-electron chi connectivity index (χ1n) is 7.23. The van der Waals surface area contributed by atoms with Gasteiger partial charge in [-0.25, -0.2) is 4.79 Å². The zero-order valence-corrected chi connectivity index (χ0v) is 13.4. The quantitative estimate of drug-likeness (QED) is 0.901. The molecular formula is C16H20ClNO4. The van der Waals surface area contributed by atoms with Crippen LogP contribution in [0.3, 0.4) is 0 Å². The zero-order chi connectivity index (χ0) is 16.3. The smallest absolute Gasteiger partial charge is 0.326 e. The number of carbonyl (C=O) groups excluding carboxylic acids is 1. The summed E-state index contributed by atoms with van der Waals surface area (Å²) in [5.74, 6) is -1.50. The average Bonchev–Trinajstić information content (AvgIpc) is 2.93. The molecule has 1 aromatic carbocycles. The lowest BCUT2D eigenvalue weighted by molar-refractivity contribution is -0.149. The van der Waals surface area contributed by atoms with Crippen molar-refractivity contribution >= 4 is 23.5 Å². The molecule has 3 atom stereocenters. The predicted molar refractivity (Wildman–Crippen MR) is 82.9 cm³/mol. The Labute approximate surface area is 134 Å². The standard InChI is InChI=1S/C16H20ClNO4/c1-10(7-11-5-3-4-6-13(11)17)15(19)18-9-12(22-2)8-14(18)16(20)21/h3-6,10,12,14H,7-9H2,1-2H3,(H,20,21). The fourth-order valence-corrected chi connectivity index (χ4v) is 3.02. The Bertz CT molecular complexity index is 563. The number of amides is 1. The molecule has 120 valence electrons. The summed E-state index contributed by atoms with van der Waals surface area (Å²) in [6.45, 7) is 2.11. The zero-order valence-electron chi connectivity index (χ0n) is 12.7. The summed E-state index contributed by atoms with van der Waals surface area (Å²) in [4.78, 5) is 25.4. The van der Waals surface area contributed by atoms with Crippen LogP contribution in [0.2, 0.25) is 5.02 Å². The van der Waals surface area contributed by atoms with E-state index < -0.39 is 12.0 Å². The SMILES string of the molecule is COC1CC(C(=O)O)N(C(=O)C(C)Cc2ccccc2Cl)C1. The number of halogens is 1. The molecule has 1 fully saturated rings. The van der Waals surface area contributed by atoms with Gasteiger partial charge in [-0.05, 0) is 18.1 Å². The average molecular weight is 326 g/mol. The molecule has 0 aromatic heterocycles. The van der Waals surface area contributed by atoms with Crippen LogP contribution >= 0.6 is 11.6 Å². The van der Waals surface area contributed by atoms with E-state index in [1.54, 1.807) is 13.0 Å². The molecule has 2 rings (SSSR count). The minimum atomic E-state index is -0.988. The number of hydrogen-bond acceptors (Lipinski definition) is 3. The second-order valence-corrected chi connectivity index (χ2v) is 6.04. The number of aliphatic carboxylic acids is 1. The van der Waals surface area contributed by atoms with E-state index in [0.29, 0.717) is 24.4 Å². The number of nitrogens with zero attached hydrogens (tertiary/aromatic N) is 1. The van der Waals surface area contributed by atoms with Gasteiger partial charge in [-0.1, -0.05) is 36.7 Å². The number of carboxylic acid groups (broad SMARTS) is 1. The van der Waals surface area contributed by atoms with E-state index in [2.05, 4.69) is 0 Å². The Morgan fingerprint density at radius 3 is 2.73 bits per heavy atom. The molecule has 1 aromatic rings. The molecule has 1 aliphatic rings. The fraction of sp³-hybridized carbons (Fsp3) is 0.500. The molecule has 1 amide bonds. The van der Waals surface area contributed by atoms with Crippen molar-refractivity contribution in [2.45, 2.75) is 31.9 Å². The fourth-order valence-electron chi connectivity index (χ4n) is 2.81. The molecule has 5 nitrogen and oxygen atoms in total. The maximum Gasteiger partial charge on any atom is 0.326 e. The third-order valence-electron chi connectivity index (χ3n) is 4.07. The van der Waals surface area contributed by atoms with Crippen molar-refractivity contribution in [2.75, 3.05) is 13.7 Å². The van der Waals surface area contributed by atoms with E-state index in [-0.39, 0.29) is 17.9 Å². The molecule has 1 heterocycles. The van der Waals surface area contributed by atoms with Crippen molar-refractivity contribution in [3.8, 4) is 0 Å². The molecule has 1 aliphatic heterocycles. The summed E-state index contributed by atoms with van der Waals surface area (Å²) in [6.07, 6.45) is 0.590. The minimum absolute atomic E-state index is 0.174. The highest BCUT2D eigenvalue weighted by Gasteiger charge is 2.41. The molecule has 0 aliphatic carbocycles. The Morgan fingerprint density at radius 1 is 1.45 bits per heavy atom. The topological polar surface area (TPSA) is 66.8 Å². The van der Waals surface area contributed by atoms with Crippen LogP contribution in [0.5, 0.6) is 0 Å². The van der Waals surface area contributed by atoms with Gasteiger partial charge >= 0.3 is 5.97 Å². The lowest BCUT2D eigenvalue weighted by Gasteiger charge is -2.25. The first kappa shape index (κ1) is 16.8. The normalized spacial score (nSPS) is 22.6. The molecule has 0 spiro atoms. The Kier molecular flexibility index (Phi) is 5.42. The van der Waals surface area contributed by atoms with E-state index in [4.69, 9.17) is 16.3 Å². The molecule has 3 unspecified atom stereocenters. The van der Waals surface area contributed by atoms with Crippen LogP contribution in [-0.2, 0) is 20.7 Å². The first-order valence-corrected chi connectivity index (χ1v) is 7.61. The highest BCUT2D eigenvalue weighted by molar-refractivity contribution is 6.31. The monoisotopic (exact) mass is 325 g/mol. The minimum Gasteiger partial charge on any atom is -0.480 e. The summed E-state index contributed by atoms with van der Waals surface area (Å²) >= 11 is 6.12. The van der Waals surface area contributed by atoms with Crippen molar-refractivity contribution in [1.82, 2.24) is 4.90 Å². The van der Waals surface area contributed by atoms with Gasteiger partial charge in [0.05, 0.1) is 6.10 Å². The van der Waals surface area contributed by atoms with Crippen LogP contribution < -0.4 is 0 Å². The largest absolute Gasteiger partial charge is 0.480 e. The van der Waals surface area contributed by atoms with Gasteiger partial charge in [-0.3, -0.25) is 4.79 Å². The summed E-state index contributed by atoms with van der Waals surface area (Å²) in [6, 6.07) is 6.55. The summed E-state index contributed by atoms with van der Waals surface area (Å²) in [5.41, 5.74) is 0.888. The van der Waals surface area contributed by atoms with E-state index in [0.717, 1.165) is 5.56 Å². The van der Waals surface area contributed by atoms with Gasteiger partial charge in [-0.2, -0.15) is 0 Å². The number of hydrogen-bond donors (Lipinski definition) is 1. The molecular weight excluding hydrogens is 306 g/mol. The Hall–Kier alpha value is -1.59. The molecule has 22 heavy (non-hydrogen) atoms. The summed E-state index contributed by atoms with van der Waals surface area (Å²) < 4.78 is 5.21. The number of likely N-dealkylation sites (tertiary alicyclic amines) is 1. The van der Waals surface area contributed by atoms with Gasteiger partial charge in [0, 0.05) is 31.0 Å². The van der Waals surface area contributed by atoms with Crippen LogP contribution in [0.25, 0.3) is 0 Å². The molecule has 0 saturated carbocycles. The molecule has 1 N–H and O–H groups in total. The van der Waals surface area contributed by atoms with Crippen LogP contribution in [0, 0.1) is 5.92 Å². The number of benzene rings is 1. The van der Waals surface area contributed by atoms with Gasteiger partial charge in [0.2, 0.25) is 5.91 Å². The van der Waals surface area contributed by atoms with Gasteiger partial charge in [-0.15, -0.1) is 0 Å². The Balaban J connectivity index is 2.09. The van der Waals surface area contributed by atoms with E-state index in [1.807, 2.05) is 18.2 Å². The van der Waals surface area contributed by atoms with Crippen LogP contribution in [0.1, 0.15) is 18.9 Å². The maximum atomic E-state index is 12.6. The number of carbonyl (C=O) groups is 2. The van der Waals surface area contributed by atoms with Crippen molar-refractivity contribution < 1.29 is 19.4 Å². The van der Waals surface area contributed by atoms with E-state index >= 15 is 0 Å². The highest BCUT2D eigenvalue weighted by Crippen LogP contribution is 2.25. The third-order valence-corrected chi connectivity index (χ3v) is 4.44. The molecule has 0 radical (unpaired) electrons. The third kappa shape index (κ3) is 3.59. The van der Waals surface area contributed by atoms with Crippen molar-refractivity contribution in [3.05, 3.63) is 34.9 Å². The molecule has 0 bridgehead atoms. The van der Waals surface area contributed by atoms with Crippen molar-refractivity contribution in [1.29, 1.82) is 0 Å².